The number of aromatic nitrogens is 1. The Labute approximate surface area is 138 Å². The van der Waals surface area contributed by atoms with Crippen molar-refractivity contribution in [2.45, 2.75) is 34.1 Å². The van der Waals surface area contributed by atoms with Crippen LogP contribution in [0.25, 0.3) is 0 Å². The Bertz CT molecular complexity index is 660. The summed E-state index contributed by atoms with van der Waals surface area (Å²) in [4.78, 5) is 16.3. The first-order chi connectivity index (χ1) is 10.9. The minimum absolute atomic E-state index is 0.0813. The summed E-state index contributed by atoms with van der Waals surface area (Å²) < 4.78 is 0. The van der Waals surface area contributed by atoms with Crippen LogP contribution in [0.15, 0.2) is 36.7 Å². The lowest BCUT2D eigenvalue weighted by Crippen LogP contribution is -2.25. The summed E-state index contributed by atoms with van der Waals surface area (Å²) in [6.07, 6.45) is 4.29. The first-order valence-corrected chi connectivity index (χ1v) is 8.02. The highest BCUT2D eigenvalue weighted by atomic mass is 16.1. The molecule has 0 aliphatic carbocycles. The molecule has 0 unspecified atom stereocenters. The molecule has 2 aromatic rings. The molecule has 0 spiro atoms. The summed E-state index contributed by atoms with van der Waals surface area (Å²) in [7, 11) is 0. The van der Waals surface area contributed by atoms with Gasteiger partial charge >= 0.3 is 0 Å². The van der Waals surface area contributed by atoms with Crippen LogP contribution in [0, 0.1) is 19.8 Å². The van der Waals surface area contributed by atoms with Crippen molar-refractivity contribution in [1.29, 1.82) is 0 Å². The molecule has 0 aliphatic heterocycles. The number of carbonyl (C=O) groups is 1. The van der Waals surface area contributed by atoms with Crippen molar-refractivity contribution in [3.63, 3.8) is 0 Å². The fourth-order valence-electron chi connectivity index (χ4n) is 2.42. The summed E-state index contributed by atoms with van der Waals surface area (Å²) >= 11 is 0. The molecular formula is C19H25N3O. The molecule has 1 aromatic carbocycles. The molecule has 0 aliphatic rings. The fourth-order valence-corrected chi connectivity index (χ4v) is 2.42. The van der Waals surface area contributed by atoms with Gasteiger partial charge in [0, 0.05) is 18.4 Å². The van der Waals surface area contributed by atoms with E-state index in [9.17, 15) is 4.79 Å². The Morgan fingerprint density at radius 3 is 2.39 bits per heavy atom. The maximum Gasteiger partial charge on any atom is 0.252 e. The first kappa shape index (κ1) is 17.0. The number of hydrogen-bond donors (Lipinski definition) is 2. The molecule has 122 valence electrons. The molecule has 23 heavy (non-hydrogen) atoms. The standard InChI is InChI=1S/C19H25N3O/c1-13(2)5-6-21-19(23)16-10-18(12-20-11-16)22-17-8-14(3)7-15(4)9-17/h7-13,22H,5-6H2,1-4H3,(H,21,23). The molecule has 0 saturated heterocycles. The van der Waals surface area contributed by atoms with Gasteiger partial charge in [0.15, 0.2) is 0 Å². The summed E-state index contributed by atoms with van der Waals surface area (Å²) in [5, 5.41) is 6.25. The number of rotatable bonds is 6. The topological polar surface area (TPSA) is 54.0 Å². The van der Waals surface area contributed by atoms with E-state index < -0.39 is 0 Å². The number of pyridine rings is 1. The first-order valence-electron chi connectivity index (χ1n) is 8.02. The maximum absolute atomic E-state index is 12.2. The SMILES string of the molecule is Cc1cc(C)cc(Nc2cncc(C(=O)NCCC(C)C)c2)c1. The van der Waals surface area contributed by atoms with Gasteiger partial charge in [-0.1, -0.05) is 19.9 Å². The number of aryl methyl sites for hydroxylation is 2. The third-order valence-corrected chi connectivity index (χ3v) is 3.52. The molecule has 2 N–H and O–H groups in total. The van der Waals surface area contributed by atoms with Gasteiger partial charge in [-0.25, -0.2) is 0 Å². The van der Waals surface area contributed by atoms with E-state index in [4.69, 9.17) is 0 Å². The Hall–Kier alpha value is -2.36. The number of hydrogen-bond acceptors (Lipinski definition) is 3. The summed E-state index contributed by atoms with van der Waals surface area (Å²) in [6, 6.07) is 8.10. The van der Waals surface area contributed by atoms with Crippen molar-refractivity contribution in [3.8, 4) is 0 Å². The van der Waals surface area contributed by atoms with Gasteiger partial charge in [0.1, 0.15) is 0 Å². The molecule has 1 aromatic heterocycles. The second-order valence-corrected chi connectivity index (χ2v) is 6.40. The highest BCUT2D eigenvalue weighted by Crippen LogP contribution is 2.19. The number of nitrogens with one attached hydrogen (secondary N) is 2. The van der Waals surface area contributed by atoms with Gasteiger partial charge < -0.3 is 10.6 Å². The van der Waals surface area contributed by atoms with Crippen molar-refractivity contribution >= 4 is 17.3 Å². The predicted octanol–water partition coefficient (Wildman–Crippen LogP) is 4.22. The van der Waals surface area contributed by atoms with E-state index in [0.717, 1.165) is 17.8 Å². The lowest BCUT2D eigenvalue weighted by Gasteiger charge is -2.10. The molecule has 4 nitrogen and oxygen atoms in total. The second kappa shape index (κ2) is 7.77. The minimum Gasteiger partial charge on any atom is -0.354 e. The average molecular weight is 311 g/mol. The van der Waals surface area contributed by atoms with Crippen LogP contribution in [0.5, 0.6) is 0 Å². The lowest BCUT2D eigenvalue weighted by atomic mass is 10.1. The monoisotopic (exact) mass is 311 g/mol. The minimum atomic E-state index is -0.0813. The third-order valence-electron chi connectivity index (χ3n) is 3.52. The van der Waals surface area contributed by atoms with Gasteiger partial charge in [-0.05, 0) is 55.5 Å². The van der Waals surface area contributed by atoms with Crippen molar-refractivity contribution in [1.82, 2.24) is 10.3 Å². The van der Waals surface area contributed by atoms with Crippen molar-refractivity contribution in [2.75, 3.05) is 11.9 Å². The Morgan fingerprint density at radius 1 is 1.04 bits per heavy atom. The molecule has 0 saturated carbocycles. The average Bonchev–Trinajstić information content (AvgIpc) is 2.46. The molecule has 1 amide bonds. The largest absolute Gasteiger partial charge is 0.354 e. The molecule has 0 radical (unpaired) electrons. The number of amides is 1. The van der Waals surface area contributed by atoms with Crippen molar-refractivity contribution < 1.29 is 4.79 Å². The summed E-state index contributed by atoms with van der Waals surface area (Å²) in [5.41, 5.74) is 4.78. The highest BCUT2D eigenvalue weighted by Gasteiger charge is 2.07. The summed E-state index contributed by atoms with van der Waals surface area (Å²) in [5.74, 6) is 0.494. The second-order valence-electron chi connectivity index (χ2n) is 6.40. The van der Waals surface area contributed by atoms with Crippen LogP contribution < -0.4 is 10.6 Å². The Morgan fingerprint density at radius 2 is 1.74 bits per heavy atom. The molecule has 2 rings (SSSR count). The Balaban J connectivity index is 2.05. The maximum atomic E-state index is 12.2. The molecule has 0 fully saturated rings. The number of benzene rings is 1. The van der Waals surface area contributed by atoms with Gasteiger partial charge in [-0.2, -0.15) is 0 Å². The van der Waals surface area contributed by atoms with Crippen LogP contribution >= 0.6 is 0 Å². The van der Waals surface area contributed by atoms with Gasteiger partial charge in [-0.15, -0.1) is 0 Å². The molecule has 0 bridgehead atoms. The van der Waals surface area contributed by atoms with Gasteiger partial charge in [-0.3, -0.25) is 9.78 Å². The van der Waals surface area contributed by atoms with Crippen molar-refractivity contribution in [3.05, 3.63) is 53.3 Å². The van der Waals surface area contributed by atoms with Crippen LogP contribution in [-0.4, -0.2) is 17.4 Å². The van der Waals surface area contributed by atoms with Crippen LogP contribution in [0.3, 0.4) is 0 Å². The van der Waals surface area contributed by atoms with E-state index >= 15 is 0 Å². The van der Waals surface area contributed by atoms with E-state index in [1.54, 1.807) is 12.4 Å². The van der Waals surface area contributed by atoms with E-state index in [1.807, 2.05) is 6.07 Å². The quantitative estimate of drug-likeness (QED) is 0.840. The number of anilines is 2. The van der Waals surface area contributed by atoms with E-state index in [2.05, 4.69) is 61.5 Å². The molecule has 1 heterocycles. The van der Waals surface area contributed by atoms with Gasteiger partial charge in [0.05, 0.1) is 17.4 Å². The number of carbonyl (C=O) groups excluding carboxylic acids is 1. The van der Waals surface area contributed by atoms with E-state index in [0.29, 0.717) is 18.0 Å². The van der Waals surface area contributed by atoms with Crippen LogP contribution in [-0.2, 0) is 0 Å². The predicted molar refractivity (Wildman–Crippen MR) is 95.2 cm³/mol. The van der Waals surface area contributed by atoms with Gasteiger partial charge in [0.2, 0.25) is 0 Å². The zero-order chi connectivity index (χ0) is 16.8. The smallest absolute Gasteiger partial charge is 0.252 e. The van der Waals surface area contributed by atoms with Crippen LogP contribution in [0.1, 0.15) is 41.8 Å². The Kier molecular flexibility index (Phi) is 5.74. The van der Waals surface area contributed by atoms with Crippen molar-refractivity contribution in [2.24, 2.45) is 5.92 Å². The zero-order valence-electron chi connectivity index (χ0n) is 14.3. The van der Waals surface area contributed by atoms with E-state index in [1.165, 1.54) is 11.1 Å². The van der Waals surface area contributed by atoms with E-state index in [-0.39, 0.29) is 5.91 Å². The third kappa shape index (κ3) is 5.40. The molecular weight excluding hydrogens is 286 g/mol. The lowest BCUT2D eigenvalue weighted by molar-refractivity contribution is 0.0951. The highest BCUT2D eigenvalue weighted by molar-refractivity contribution is 5.94. The number of nitrogens with zero attached hydrogens (tertiary/aromatic N) is 1. The zero-order valence-corrected chi connectivity index (χ0v) is 14.3. The summed E-state index contributed by atoms with van der Waals surface area (Å²) in [6.45, 7) is 9.10. The fraction of sp³-hybridized carbons (Fsp3) is 0.368. The molecule has 4 heteroatoms. The van der Waals surface area contributed by atoms with Crippen LogP contribution in [0.4, 0.5) is 11.4 Å². The molecule has 0 atom stereocenters. The van der Waals surface area contributed by atoms with Crippen LogP contribution in [0.2, 0.25) is 0 Å². The van der Waals surface area contributed by atoms with Gasteiger partial charge in [0.25, 0.3) is 5.91 Å². The normalized spacial score (nSPS) is 10.7.